The van der Waals surface area contributed by atoms with Crippen LogP contribution in [0.25, 0.3) is 0 Å². The Morgan fingerprint density at radius 2 is 2.32 bits per heavy atom. The molecule has 0 aromatic heterocycles. The summed E-state index contributed by atoms with van der Waals surface area (Å²) in [5.74, 6) is -0.406. The van der Waals surface area contributed by atoms with Gasteiger partial charge in [-0.1, -0.05) is 0 Å². The minimum absolute atomic E-state index is 0.0200. The molecule has 0 radical (unpaired) electrons. The first-order valence-corrected chi connectivity index (χ1v) is 6.86. The first kappa shape index (κ1) is 12.9. The van der Waals surface area contributed by atoms with Crippen LogP contribution in [-0.2, 0) is 9.53 Å². The number of rotatable bonds is 1. The lowest BCUT2D eigenvalue weighted by Crippen LogP contribution is -2.54. The number of carbonyl (C=O) groups is 1. The van der Waals surface area contributed by atoms with Gasteiger partial charge in [0, 0.05) is 26.1 Å². The average Bonchev–Trinajstić information content (AvgIpc) is 2.72. The van der Waals surface area contributed by atoms with Crippen LogP contribution in [-0.4, -0.2) is 31.2 Å². The van der Waals surface area contributed by atoms with Gasteiger partial charge >= 0.3 is 0 Å². The third-order valence-corrected chi connectivity index (χ3v) is 4.61. The van der Waals surface area contributed by atoms with E-state index in [0.29, 0.717) is 28.8 Å². The molecule has 2 aliphatic heterocycles. The van der Waals surface area contributed by atoms with Gasteiger partial charge in [0.15, 0.2) is 0 Å². The van der Waals surface area contributed by atoms with Crippen LogP contribution in [0.3, 0.4) is 0 Å². The fourth-order valence-electron chi connectivity index (χ4n) is 2.88. The van der Waals surface area contributed by atoms with Gasteiger partial charge in [-0.2, -0.15) is 0 Å². The van der Waals surface area contributed by atoms with E-state index in [1.54, 1.807) is 13.2 Å². The van der Waals surface area contributed by atoms with E-state index < -0.39 is 5.54 Å². The maximum absolute atomic E-state index is 13.7. The van der Waals surface area contributed by atoms with Gasteiger partial charge in [-0.15, -0.1) is 0 Å². The van der Waals surface area contributed by atoms with Gasteiger partial charge in [0.2, 0.25) is 5.91 Å². The predicted molar refractivity (Wildman–Crippen MR) is 73.9 cm³/mol. The van der Waals surface area contributed by atoms with Crippen molar-refractivity contribution >= 4 is 33.2 Å². The lowest BCUT2D eigenvalue weighted by molar-refractivity contribution is -0.121. The second-order valence-corrected chi connectivity index (χ2v) is 6.04. The Morgan fingerprint density at radius 3 is 3.00 bits per heavy atom. The smallest absolute Gasteiger partial charge is 0.250 e. The summed E-state index contributed by atoms with van der Waals surface area (Å²) in [5.41, 5.74) is 0.670. The molecular formula is C13H14BrFN2O2. The van der Waals surface area contributed by atoms with Crippen molar-refractivity contribution in [2.45, 2.75) is 25.0 Å². The summed E-state index contributed by atoms with van der Waals surface area (Å²) < 4.78 is 19.5. The summed E-state index contributed by atoms with van der Waals surface area (Å²) in [6.45, 7) is 2.46. The molecule has 1 fully saturated rings. The molecule has 1 aromatic rings. The maximum Gasteiger partial charge on any atom is 0.250 e. The highest BCUT2D eigenvalue weighted by Crippen LogP contribution is 2.44. The normalized spacial score (nSPS) is 28.9. The zero-order valence-corrected chi connectivity index (χ0v) is 12.3. The molecule has 0 spiro atoms. The molecule has 2 atom stereocenters. The van der Waals surface area contributed by atoms with Crippen molar-refractivity contribution in [1.82, 2.24) is 0 Å². The van der Waals surface area contributed by atoms with Crippen molar-refractivity contribution in [2.24, 2.45) is 0 Å². The molecule has 1 amide bonds. The average molecular weight is 329 g/mol. The minimum Gasteiger partial charge on any atom is -0.380 e. The van der Waals surface area contributed by atoms with Crippen LogP contribution in [0.15, 0.2) is 16.6 Å². The highest BCUT2D eigenvalue weighted by Gasteiger charge is 2.51. The summed E-state index contributed by atoms with van der Waals surface area (Å²) in [6.07, 6.45) is 0.584. The van der Waals surface area contributed by atoms with Crippen molar-refractivity contribution in [3.05, 3.63) is 22.4 Å². The van der Waals surface area contributed by atoms with Crippen LogP contribution >= 0.6 is 15.9 Å². The van der Waals surface area contributed by atoms with Crippen LogP contribution in [0, 0.1) is 5.82 Å². The third kappa shape index (κ3) is 1.77. The van der Waals surface area contributed by atoms with E-state index in [-0.39, 0.29) is 17.8 Å². The van der Waals surface area contributed by atoms with Crippen LogP contribution in [0.1, 0.15) is 13.3 Å². The summed E-state index contributed by atoms with van der Waals surface area (Å²) in [4.78, 5) is 14.2. The van der Waals surface area contributed by atoms with Gasteiger partial charge in [-0.25, -0.2) is 4.39 Å². The van der Waals surface area contributed by atoms with Gasteiger partial charge in [0.05, 0.1) is 22.0 Å². The number of benzene rings is 1. The Balaban J connectivity index is 2.12. The number of hydrogen-bond acceptors (Lipinski definition) is 3. The second kappa shape index (κ2) is 4.18. The fourth-order valence-corrected chi connectivity index (χ4v) is 3.22. The number of carbonyl (C=O) groups excluding carboxylic acids is 1. The van der Waals surface area contributed by atoms with E-state index in [1.807, 2.05) is 11.8 Å². The molecule has 102 valence electrons. The first-order valence-electron chi connectivity index (χ1n) is 6.06. The number of ether oxygens (including phenoxy) is 1. The molecule has 1 N–H and O–H groups in total. The molecule has 2 aliphatic rings. The molecule has 1 saturated heterocycles. The zero-order valence-electron chi connectivity index (χ0n) is 10.7. The minimum atomic E-state index is -0.673. The van der Waals surface area contributed by atoms with E-state index in [2.05, 4.69) is 21.2 Å². The molecule has 2 heterocycles. The number of anilines is 2. The van der Waals surface area contributed by atoms with E-state index in [1.165, 1.54) is 6.07 Å². The molecule has 0 bridgehead atoms. The Labute approximate surface area is 119 Å². The van der Waals surface area contributed by atoms with Gasteiger partial charge in [-0.3, -0.25) is 4.79 Å². The number of methoxy groups -OCH3 is 1. The first-order chi connectivity index (χ1) is 8.95. The number of nitrogens with zero attached hydrogens (tertiary/aromatic N) is 1. The van der Waals surface area contributed by atoms with Crippen LogP contribution < -0.4 is 10.2 Å². The second-order valence-electron chi connectivity index (χ2n) is 5.18. The Bertz CT molecular complexity index is 566. The number of amides is 1. The lowest BCUT2D eigenvalue weighted by atomic mass is 9.93. The van der Waals surface area contributed by atoms with E-state index in [4.69, 9.17) is 4.74 Å². The summed E-state index contributed by atoms with van der Waals surface area (Å²) >= 11 is 3.14. The quantitative estimate of drug-likeness (QED) is 0.861. The monoisotopic (exact) mass is 328 g/mol. The van der Waals surface area contributed by atoms with E-state index in [0.717, 1.165) is 0 Å². The molecule has 0 aliphatic carbocycles. The third-order valence-electron chi connectivity index (χ3n) is 4.01. The van der Waals surface area contributed by atoms with Crippen molar-refractivity contribution < 1.29 is 13.9 Å². The standard InChI is InChI=1S/C13H14BrFN2O2/c1-13-5-7(19-2)6-17(13)11-4-9(15)8(14)3-10(11)16-12(13)18/h3-4,7H,5-6H2,1-2H3,(H,16,18)/t7-,13-/m0/s1. The van der Waals surface area contributed by atoms with Crippen LogP contribution in [0.5, 0.6) is 0 Å². The van der Waals surface area contributed by atoms with E-state index >= 15 is 0 Å². The van der Waals surface area contributed by atoms with Gasteiger partial charge in [-0.05, 0) is 28.9 Å². The molecule has 3 rings (SSSR count). The van der Waals surface area contributed by atoms with Crippen molar-refractivity contribution in [1.29, 1.82) is 0 Å². The molecule has 0 unspecified atom stereocenters. The SMILES string of the molecule is CO[C@@H]1CN2c3cc(F)c(Br)cc3NC(=O)[C@]2(C)C1. The number of halogens is 2. The highest BCUT2D eigenvalue weighted by molar-refractivity contribution is 9.10. The van der Waals surface area contributed by atoms with Crippen molar-refractivity contribution in [3.63, 3.8) is 0 Å². The van der Waals surface area contributed by atoms with Gasteiger partial charge in [0.25, 0.3) is 0 Å². The molecule has 6 heteroatoms. The molecule has 19 heavy (non-hydrogen) atoms. The van der Waals surface area contributed by atoms with Crippen LogP contribution in [0.2, 0.25) is 0 Å². The Kier molecular flexibility index (Phi) is 2.83. The fraction of sp³-hybridized carbons (Fsp3) is 0.462. The summed E-state index contributed by atoms with van der Waals surface area (Å²) in [7, 11) is 1.63. The lowest BCUT2D eigenvalue weighted by Gasteiger charge is -2.40. The molecule has 1 aromatic carbocycles. The zero-order chi connectivity index (χ0) is 13.8. The van der Waals surface area contributed by atoms with E-state index in [9.17, 15) is 9.18 Å². The summed E-state index contributed by atoms with van der Waals surface area (Å²) in [5, 5.41) is 2.85. The topological polar surface area (TPSA) is 41.6 Å². The number of hydrogen-bond donors (Lipinski definition) is 1. The Hall–Kier alpha value is -1.14. The maximum atomic E-state index is 13.7. The number of fused-ring (bicyclic) bond motifs is 3. The van der Waals surface area contributed by atoms with Crippen molar-refractivity contribution in [3.8, 4) is 0 Å². The van der Waals surface area contributed by atoms with Crippen molar-refractivity contribution in [2.75, 3.05) is 23.9 Å². The highest BCUT2D eigenvalue weighted by atomic mass is 79.9. The Morgan fingerprint density at radius 1 is 1.58 bits per heavy atom. The van der Waals surface area contributed by atoms with Gasteiger partial charge in [0.1, 0.15) is 11.4 Å². The van der Waals surface area contributed by atoms with Crippen LogP contribution in [0.4, 0.5) is 15.8 Å². The molecular weight excluding hydrogens is 315 g/mol. The molecule has 4 nitrogen and oxygen atoms in total. The number of nitrogens with one attached hydrogen (secondary N) is 1. The largest absolute Gasteiger partial charge is 0.380 e. The van der Waals surface area contributed by atoms with Gasteiger partial charge < -0.3 is 15.0 Å². The predicted octanol–water partition coefficient (Wildman–Crippen LogP) is 2.52. The summed E-state index contributed by atoms with van der Waals surface area (Å²) in [6, 6.07) is 3.05. The molecule has 0 saturated carbocycles.